The van der Waals surface area contributed by atoms with Crippen LogP contribution in [0.2, 0.25) is 0 Å². The lowest BCUT2D eigenvalue weighted by Gasteiger charge is -2.22. The van der Waals surface area contributed by atoms with Gasteiger partial charge in [0.05, 0.1) is 11.7 Å². The maximum atomic E-state index is 12.0. The van der Waals surface area contributed by atoms with E-state index in [1.54, 1.807) is 0 Å². The van der Waals surface area contributed by atoms with E-state index in [-0.39, 0.29) is 29.2 Å². The van der Waals surface area contributed by atoms with Gasteiger partial charge in [-0.3, -0.25) is 9.78 Å². The molecule has 2 heterocycles. The number of amides is 1. The fourth-order valence-corrected chi connectivity index (χ4v) is 2.61. The molecular formula is C15H20N2O4. The van der Waals surface area contributed by atoms with Gasteiger partial charge in [-0.15, -0.1) is 0 Å². The number of carbonyl (C=O) groups excluding carboxylic acids is 1. The van der Waals surface area contributed by atoms with Crippen molar-refractivity contribution in [1.82, 2.24) is 10.3 Å². The maximum absolute atomic E-state index is 12.0. The van der Waals surface area contributed by atoms with Crippen LogP contribution in [0.3, 0.4) is 0 Å². The average Bonchev–Trinajstić information content (AvgIpc) is 2.93. The molecule has 1 aromatic rings. The summed E-state index contributed by atoms with van der Waals surface area (Å²) in [4.78, 5) is 26.8. The molecular weight excluding hydrogens is 272 g/mol. The minimum Gasteiger partial charge on any atom is -0.478 e. The molecule has 1 amide bonds. The zero-order valence-corrected chi connectivity index (χ0v) is 12.2. The van der Waals surface area contributed by atoms with Crippen LogP contribution in [0, 0.1) is 11.8 Å². The number of rotatable bonds is 5. The summed E-state index contributed by atoms with van der Waals surface area (Å²) < 4.78 is 5.67. The molecule has 2 rings (SSSR count). The quantitative estimate of drug-likeness (QED) is 0.860. The molecule has 6 heteroatoms. The summed E-state index contributed by atoms with van der Waals surface area (Å²) in [5, 5.41) is 11.7. The first-order valence-corrected chi connectivity index (χ1v) is 7.08. The Morgan fingerprint density at radius 3 is 2.95 bits per heavy atom. The standard InChI is InChI=1S/C15H20N2O4/c1-9(2)13-11(4-6-21-13)8-17-14(18)12-7-10(15(19)20)3-5-16-12/h3,5,7,9,11,13H,4,6,8H2,1-2H3,(H,17,18)(H,19,20). The fourth-order valence-electron chi connectivity index (χ4n) is 2.61. The largest absolute Gasteiger partial charge is 0.478 e. The van der Waals surface area contributed by atoms with Gasteiger partial charge in [0.25, 0.3) is 5.91 Å². The van der Waals surface area contributed by atoms with Crippen molar-refractivity contribution < 1.29 is 19.4 Å². The molecule has 21 heavy (non-hydrogen) atoms. The lowest BCUT2D eigenvalue weighted by atomic mass is 9.93. The van der Waals surface area contributed by atoms with Crippen molar-refractivity contribution in [2.45, 2.75) is 26.4 Å². The topological polar surface area (TPSA) is 88.5 Å². The number of aromatic nitrogens is 1. The van der Waals surface area contributed by atoms with E-state index in [2.05, 4.69) is 24.1 Å². The summed E-state index contributed by atoms with van der Waals surface area (Å²) in [5.74, 6) is -0.734. The Hall–Kier alpha value is -1.95. The van der Waals surface area contributed by atoms with Gasteiger partial charge in [-0.2, -0.15) is 0 Å². The Morgan fingerprint density at radius 2 is 2.29 bits per heavy atom. The number of carbonyl (C=O) groups is 2. The molecule has 0 aliphatic carbocycles. The van der Waals surface area contributed by atoms with Crippen molar-refractivity contribution in [2.75, 3.05) is 13.2 Å². The van der Waals surface area contributed by atoms with Crippen LogP contribution in [0.1, 0.15) is 41.1 Å². The first-order valence-electron chi connectivity index (χ1n) is 7.08. The first-order chi connectivity index (χ1) is 9.99. The molecule has 1 aromatic heterocycles. The Morgan fingerprint density at radius 1 is 1.52 bits per heavy atom. The van der Waals surface area contributed by atoms with Crippen molar-refractivity contribution >= 4 is 11.9 Å². The minimum atomic E-state index is -1.07. The Bertz CT molecular complexity index is 530. The molecule has 114 valence electrons. The third-order valence-electron chi connectivity index (χ3n) is 3.68. The van der Waals surface area contributed by atoms with Crippen molar-refractivity contribution in [3.8, 4) is 0 Å². The van der Waals surface area contributed by atoms with Gasteiger partial charge in [-0.1, -0.05) is 13.8 Å². The van der Waals surface area contributed by atoms with Crippen LogP contribution >= 0.6 is 0 Å². The number of nitrogens with zero attached hydrogens (tertiary/aromatic N) is 1. The van der Waals surface area contributed by atoms with Gasteiger partial charge >= 0.3 is 5.97 Å². The smallest absolute Gasteiger partial charge is 0.335 e. The van der Waals surface area contributed by atoms with E-state index in [4.69, 9.17) is 9.84 Å². The van der Waals surface area contributed by atoms with Crippen molar-refractivity contribution in [3.63, 3.8) is 0 Å². The van der Waals surface area contributed by atoms with Crippen molar-refractivity contribution in [2.24, 2.45) is 11.8 Å². The number of carboxylic acid groups (broad SMARTS) is 1. The Labute approximate surface area is 123 Å². The minimum absolute atomic E-state index is 0.0550. The van der Waals surface area contributed by atoms with E-state index in [0.29, 0.717) is 12.5 Å². The molecule has 6 nitrogen and oxygen atoms in total. The molecule has 0 spiro atoms. The van der Waals surface area contributed by atoms with Gasteiger partial charge < -0.3 is 15.2 Å². The molecule has 0 saturated carbocycles. The average molecular weight is 292 g/mol. The van der Waals surface area contributed by atoms with Crippen LogP contribution in [0.4, 0.5) is 0 Å². The number of pyridine rings is 1. The molecule has 0 radical (unpaired) electrons. The van der Waals surface area contributed by atoms with E-state index in [9.17, 15) is 9.59 Å². The van der Waals surface area contributed by atoms with Crippen LogP contribution < -0.4 is 5.32 Å². The van der Waals surface area contributed by atoms with Crippen LogP contribution in [0.5, 0.6) is 0 Å². The van der Waals surface area contributed by atoms with E-state index >= 15 is 0 Å². The highest BCUT2D eigenvalue weighted by Crippen LogP contribution is 2.26. The second kappa shape index (κ2) is 6.67. The summed E-state index contributed by atoms with van der Waals surface area (Å²) in [6.45, 7) is 5.43. The van der Waals surface area contributed by atoms with Crippen LogP contribution in [-0.4, -0.2) is 41.2 Å². The van der Waals surface area contributed by atoms with Crippen LogP contribution in [0.25, 0.3) is 0 Å². The maximum Gasteiger partial charge on any atom is 0.335 e. The first kappa shape index (κ1) is 15.4. The lowest BCUT2D eigenvalue weighted by molar-refractivity contribution is 0.0533. The van der Waals surface area contributed by atoms with Gasteiger partial charge in [0, 0.05) is 25.3 Å². The molecule has 0 aromatic carbocycles. The van der Waals surface area contributed by atoms with Crippen LogP contribution in [-0.2, 0) is 4.74 Å². The van der Waals surface area contributed by atoms with E-state index < -0.39 is 5.97 Å². The molecule has 1 aliphatic heterocycles. The van der Waals surface area contributed by atoms with Crippen molar-refractivity contribution in [3.05, 3.63) is 29.6 Å². The summed E-state index contributed by atoms with van der Waals surface area (Å²) in [6.07, 6.45) is 2.41. The number of hydrogen-bond donors (Lipinski definition) is 2. The number of nitrogens with one attached hydrogen (secondary N) is 1. The van der Waals surface area contributed by atoms with Gasteiger partial charge in [0.2, 0.25) is 0 Å². The third kappa shape index (κ3) is 3.78. The summed E-state index contributed by atoms with van der Waals surface area (Å²) in [5.41, 5.74) is 0.175. The zero-order valence-electron chi connectivity index (χ0n) is 12.2. The number of hydrogen-bond acceptors (Lipinski definition) is 4. The molecule has 1 fully saturated rings. The monoisotopic (exact) mass is 292 g/mol. The van der Waals surface area contributed by atoms with E-state index in [1.165, 1.54) is 18.3 Å². The highest BCUT2D eigenvalue weighted by atomic mass is 16.5. The molecule has 2 atom stereocenters. The predicted octanol–water partition coefficient (Wildman–Crippen LogP) is 1.57. The van der Waals surface area contributed by atoms with Crippen LogP contribution in [0.15, 0.2) is 18.3 Å². The predicted molar refractivity (Wildman–Crippen MR) is 76.2 cm³/mol. The molecule has 2 N–H and O–H groups in total. The molecule has 1 aliphatic rings. The molecule has 1 saturated heterocycles. The SMILES string of the molecule is CC(C)C1OCCC1CNC(=O)c1cc(C(=O)O)ccn1. The third-order valence-corrected chi connectivity index (χ3v) is 3.68. The second-order valence-corrected chi connectivity index (χ2v) is 5.57. The van der Waals surface area contributed by atoms with Gasteiger partial charge in [-0.25, -0.2) is 4.79 Å². The number of aromatic carboxylic acids is 1. The fraction of sp³-hybridized carbons (Fsp3) is 0.533. The Kier molecular flexibility index (Phi) is 4.90. The summed E-state index contributed by atoms with van der Waals surface area (Å²) in [6, 6.07) is 2.64. The van der Waals surface area contributed by atoms with Gasteiger partial charge in [0.1, 0.15) is 5.69 Å². The van der Waals surface area contributed by atoms with Crippen molar-refractivity contribution in [1.29, 1.82) is 0 Å². The number of carboxylic acids is 1. The number of ether oxygens (including phenoxy) is 1. The molecule has 0 bridgehead atoms. The summed E-state index contributed by atoms with van der Waals surface area (Å²) >= 11 is 0. The van der Waals surface area contributed by atoms with Gasteiger partial charge in [0.15, 0.2) is 0 Å². The van der Waals surface area contributed by atoms with E-state index in [1.807, 2.05) is 0 Å². The highest BCUT2D eigenvalue weighted by molar-refractivity contribution is 5.95. The van der Waals surface area contributed by atoms with E-state index in [0.717, 1.165) is 13.0 Å². The zero-order chi connectivity index (χ0) is 15.4. The second-order valence-electron chi connectivity index (χ2n) is 5.57. The lowest BCUT2D eigenvalue weighted by Crippen LogP contribution is -2.35. The normalized spacial score (nSPS) is 21.5. The van der Waals surface area contributed by atoms with Gasteiger partial charge in [-0.05, 0) is 24.5 Å². The molecule has 2 unspecified atom stereocenters. The summed E-state index contributed by atoms with van der Waals surface area (Å²) in [7, 11) is 0. The highest BCUT2D eigenvalue weighted by Gasteiger charge is 2.30. The Balaban J connectivity index is 1.96.